The molecule has 1 aliphatic rings. The van der Waals surface area contributed by atoms with Crippen LogP contribution in [-0.4, -0.2) is 16.1 Å². The van der Waals surface area contributed by atoms with Crippen LogP contribution in [0.25, 0.3) is 0 Å². The fourth-order valence-corrected chi connectivity index (χ4v) is 1.99. The summed E-state index contributed by atoms with van der Waals surface area (Å²) in [4.78, 5) is 4.23. The number of imidazole rings is 1. The van der Waals surface area contributed by atoms with E-state index in [0.717, 1.165) is 18.4 Å². The van der Waals surface area contributed by atoms with E-state index < -0.39 is 0 Å². The smallest absolute Gasteiger partial charge is 0.202 e. The van der Waals surface area contributed by atoms with Crippen molar-refractivity contribution in [3.8, 4) is 0 Å². The molecule has 1 N–H and O–H groups in total. The van der Waals surface area contributed by atoms with Gasteiger partial charge in [-0.1, -0.05) is 12.8 Å². The number of aryl methyl sites for hydroxylation is 1. The summed E-state index contributed by atoms with van der Waals surface area (Å²) >= 11 is 0. The highest BCUT2D eigenvalue weighted by molar-refractivity contribution is 5.25. The van der Waals surface area contributed by atoms with E-state index in [1.54, 1.807) is 0 Å². The first-order valence-corrected chi connectivity index (χ1v) is 5.07. The maximum atomic E-state index is 4.23. The molecule has 1 aromatic heterocycles. The van der Waals surface area contributed by atoms with Gasteiger partial charge in [0.2, 0.25) is 5.95 Å². The van der Waals surface area contributed by atoms with E-state index in [2.05, 4.69) is 10.3 Å². The van der Waals surface area contributed by atoms with Crippen molar-refractivity contribution in [2.24, 2.45) is 13.0 Å². The molecule has 3 nitrogen and oxygen atoms in total. The average Bonchev–Trinajstić information content (AvgIpc) is 2.72. The number of anilines is 1. The average molecular weight is 179 g/mol. The molecule has 0 aliphatic heterocycles. The minimum absolute atomic E-state index is 0.872. The van der Waals surface area contributed by atoms with Crippen LogP contribution in [0.1, 0.15) is 25.7 Å². The van der Waals surface area contributed by atoms with Gasteiger partial charge in [0.25, 0.3) is 0 Å². The lowest BCUT2D eigenvalue weighted by Crippen LogP contribution is -2.13. The van der Waals surface area contributed by atoms with Crippen LogP contribution < -0.4 is 5.32 Å². The van der Waals surface area contributed by atoms with Crippen molar-refractivity contribution < 1.29 is 0 Å². The quantitative estimate of drug-likeness (QED) is 0.769. The normalized spacial score (nSPS) is 17.9. The van der Waals surface area contributed by atoms with Gasteiger partial charge in [0.05, 0.1) is 0 Å². The molecule has 0 unspecified atom stereocenters. The summed E-state index contributed by atoms with van der Waals surface area (Å²) < 4.78 is 2.02. The van der Waals surface area contributed by atoms with E-state index in [-0.39, 0.29) is 0 Å². The van der Waals surface area contributed by atoms with Crippen LogP contribution in [-0.2, 0) is 7.05 Å². The second-order valence-corrected chi connectivity index (χ2v) is 3.89. The summed E-state index contributed by atoms with van der Waals surface area (Å²) in [6.07, 6.45) is 9.39. The Balaban J connectivity index is 1.82. The molecular weight excluding hydrogens is 162 g/mol. The molecule has 1 fully saturated rings. The first-order chi connectivity index (χ1) is 6.36. The summed E-state index contributed by atoms with van der Waals surface area (Å²) in [6.45, 7) is 1.09. The Labute approximate surface area is 79.2 Å². The topological polar surface area (TPSA) is 29.9 Å². The minimum atomic E-state index is 0.872. The molecule has 3 heteroatoms. The van der Waals surface area contributed by atoms with Crippen LogP contribution in [0.3, 0.4) is 0 Å². The molecule has 0 saturated heterocycles. The third-order valence-electron chi connectivity index (χ3n) is 2.84. The highest BCUT2D eigenvalue weighted by Gasteiger charge is 2.14. The van der Waals surface area contributed by atoms with Crippen molar-refractivity contribution in [1.82, 2.24) is 9.55 Å². The van der Waals surface area contributed by atoms with Gasteiger partial charge in [-0.2, -0.15) is 0 Å². The molecule has 1 aliphatic carbocycles. The van der Waals surface area contributed by atoms with Crippen LogP contribution in [0, 0.1) is 5.92 Å². The lowest BCUT2D eigenvalue weighted by atomic mass is 10.1. The molecule has 2 rings (SSSR count). The van der Waals surface area contributed by atoms with Gasteiger partial charge in [0.15, 0.2) is 0 Å². The Kier molecular flexibility index (Phi) is 2.52. The molecule has 1 heterocycles. The van der Waals surface area contributed by atoms with Gasteiger partial charge in [-0.3, -0.25) is 0 Å². The fraction of sp³-hybridized carbons (Fsp3) is 0.700. The van der Waals surface area contributed by atoms with Crippen molar-refractivity contribution >= 4 is 5.95 Å². The number of nitrogens with zero attached hydrogens (tertiary/aromatic N) is 2. The maximum Gasteiger partial charge on any atom is 0.202 e. The van der Waals surface area contributed by atoms with Gasteiger partial charge in [-0.25, -0.2) is 4.98 Å². The van der Waals surface area contributed by atoms with Crippen LogP contribution in [0.15, 0.2) is 12.4 Å². The second-order valence-electron chi connectivity index (χ2n) is 3.89. The van der Waals surface area contributed by atoms with Crippen LogP contribution in [0.5, 0.6) is 0 Å². The van der Waals surface area contributed by atoms with Gasteiger partial charge in [0, 0.05) is 26.0 Å². The summed E-state index contributed by atoms with van der Waals surface area (Å²) in [5.74, 6) is 1.86. The van der Waals surface area contributed by atoms with Crippen molar-refractivity contribution in [2.75, 3.05) is 11.9 Å². The minimum Gasteiger partial charge on any atom is -0.355 e. The van der Waals surface area contributed by atoms with E-state index in [0.29, 0.717) is 0 Å². The molecular formula is C10H17N3. The standard InChI is InChI=1S/C10H17N3/c1-13-7-6-11-10(13)12-8-9-4-2-3-5-9/h6-7,9H,2-5,8H2,1H3,(H,11,12). The van der Waals surface area contributed by atoms with Crippen molar-refractivity contribution in [2.45, 2.75) is 25.7 Å². The van der Waals surface area contributed by atoms with Crippen LogP contribution in [0.4, 0.5) is 5.95 Å². The lowest BCUT2D eigenvalue weighted by Gasteiger charge is -2.10. The molecule has 0 atom stereocenters. The molecule has 0 amide bonds. The third kappa shape index (κ3) is 2.02. The number of hydrogen-bond donors (Lipinski definition) is 1. The first kappa shape index (κ1) is 8.60. The Hall–Kier alpha value is -0.990. The van der Waals surface area contributed by atoms with Gasteiger partial charge >= 0.3 is 0 Å². The number of rotatable bonds is 3. The number of aromatic nitrogens is 2. The van der Waals surface area contributed by atoms with E-state index in [1.165, 1.54) is 25.7 Å². The summed E-state index contributed by atoms with van der Waals surface area (Å²) in [5.41, 5.74) is 0. The van der Waals surface area contributed by atoms with E-state index in [9.17, 15) is 0 Å². The Bertz CT molecular complexity index is 261. The zero-order valence-electron chi connectivity index (χ0n) is 8.16. The van der Waals surface area contributed by atoms with Crippen molar-refractivity contribution in [1.29, 1.82) is 0 Å². The monoisotopic (exact) mass is 179 g/mol. The van der Waals surface area contributed by atoms with Crippen LogP contribution in [0.2, 0.25) is 0 Å². The molecule has 72 valence electrons. The zero-order chi connectivity index (χ0) is 9.10. The molecule has 0 aromatic carbocycles. The summed E-state index contributed by atoms with van der Waals surface area (Å²) in [6, 6.07) is 0. The fourth-order valence-electron chi connectivity index (χ4n) is 1.99. The maximum absolute atomic E-state index is 4.23. The van der Waals surface area contributed by atoms with Crippen molar-refractivity contribution in [3.05, 3.63) is 12.4 Å². The lowest BCUT2D eigenvalue weighted by molar-refractivity contribution is 0.576. The molecule has 0 radical (unpaired) electrons. The second kappa shape index (κ2) is 3.81. The SMILES string of the molecule is Cn1ccnc1NCC1CCCC1. The summed E-state index contributed by atoms with van der Waals surface area (Å²) in [7, 11) is 2.02. The van der Waals surface area contributed by atoms with Gasteiger partial charge < -0.3 is 9.88 Å². The zero-order valence-corrected chi connectivity index (χ0v) is 8.16. The van der Waals surface area contributed by atoms with E-state index in [4.69, 9.17) is 0 Å². The van der Waals surface area contributed by atoms with Crippen molar-refractivity contribution in [3.63, 3.8) is 0 Å². The van der Waals surface area contributed by atoms with Gasteiger partial charge in [0.1, 0.15) is 0 Å². The summed E-state index contributed by atoms with van der Waals surface area (Å²) in [5, 5.41) is 3.39. The first-order valence-electron chi connectivity index (χ1n) is 5.07. The van der Waals surface area contributed by atoms with E-state index in [1.807, 2.05) is 24.0 Å². The van der Waals surface area contributed by atoms with Gasteiger partial charge in [-0.15, -0.1) is 0 Å². The molecule has 0 bridgehead atoms. The Morgan fingerprint density at radius 3 is 2.92 bits per heavy atom. The predicted molar refractivity (Wildman–Crippen MR) is 53.7 cm³/mol. The molecule has 0 spiro atoms. The van der Waals surface area contributed by atoms with Crippen LogP contribution >= 0.6 is 0 Å². The largest absolute Gasteiger partial charge is 0.355 e. The molecule has 13 heavy (non-hydrogen) atoms. The number of nitrogens with one attached hydrogen (secondary N) is 1. The molecule has 1 aromatic rings. The predicted octanol–water partition coefficient (Wildman–Crippen LogP) is 2.02. The van der Waals surface area contributed by atoms with Gasteiger partial charge in [-0.05, 0) is 18.8 Å². The highest BCUT2D eigenvalue weighted by atomic mass is 15.2. The third-order valence-corrected chi connectivity index (χ3v) is 2.84. The van der Waals surface area contributed by atoms with E-state index >= 15 is 0 Å². The molecule has 1 saturated carbocycles. The Morgan fingerprint density at radius 2 is 2.31 bits per heavy atom. The Morgan fingerprint density at radius 1 is 1.54 bits per heavy atom. The highest BCUT2D eigenvalue weighted by Crippen LogP contribution is 2.24. The number of hydrogen-bond acceptors (Lipinski definition) is 2.